The Kier molecular flexibility index (Phi) is 14.8. The van der Waals surface area contributed by atoms with Crippen molar-refractivity contribution in [3.63, 3.8) is 0 Å². The first-order valence-corrected chi connectivity index (χ1v) is 12.1. The molecule has 0 spiro atoms. The molecular formula is C21H44O4S. The van der Waals surface area contributed by atoms with Crippen LogP contribution in [0.25, 0.3) is 0 Å². The Bertz CT molecular complexity index is 420. The van der Waals surface area contributed by atoms with Crippen molar-refractivity contribution in [3.05, 3.63) is 0 Å². The van der Waals surface area contributed by atoms with Crippen molar-refractivity contribution in [2.24, 2.45) is 23.7 Å². The van der Waals surface area contributed by atoms with Crippen LogP contribution in [0.1, 0.15) is 105 Å². The molecule has 4 nitrogen and oxygen atoms in total. The van der Waals surface area contributed by atoms with Crippen molar-refractivity contribution in [1.29, 1.82) is 0 Å². The highest BCUT2D eigenvalue weighted by molar-refractivity contribution is 7.80. The predicted octanol–water partition coefficient (Wildman–Crippen LogP) is 6.66. The normalized spacial score (nSPS) is 16.0. The third kappa shape index (κ3) is 18.7. The minimum atomic E-state index is -4.27. The van der Waals surface area contributed by atoms with Crippen LogP contribution in [0.2, 0.25) is 0 Å². The summed E-state index contributed by atoms with van der Waals surface area (Å²) in [6, 6.07) is 0. The Morgan fingerprint density at radius 1 is 0.654 bits per heavy atom. The number of rotatable bonds is 17. The summed E-state index contributed by atoms with van der Waals surface area (Å²) in [4.78, 5) is 0. The van der Waals surface area contributed by atoms with Gasteiger partial charge in [-0.05, 0) is 36.5 Å². The van der Waals surface area contributed by atoms with Crippen molar-refractivity contribution < 1.29 is 17.2 Å². The molecule has 26 heavy (non-hydrogen) atoms. The molecule has 0 aromatic rings. The van der Waals surface area contributed by atoms with Crippen LogP contribution in [0.3, 0.4) is 0 Å². The second-order valence-electron chi connectivity index (χ2n) is 8.89. The Morgan fingerprint density at radius 3 is 1.35 bits per heavy atom. The van der Waals surface area contributed by atoms with E-state index in [1.54, 1.807) is 0 Å². The van der Waals surface area contributed by atoms with Gasteiger partial charge in [-0.1, -0.05) is 92.4 Å². The molecule has 0 saturated carbocycles. The molecule has 0 aromatic carbocycles. The van der Waals surface area contributed by atoms with Crippen LogP contribution in [0.4, 0.5) is 0 Å². The third-order valence-corrected chi connectivity index (χ3v) is 5.80. The largest absolute Gasteiger partial charge is 0.397 e. The van der Waals surface area contributed by atoms with Gasteiger partial charge in [-0.2, -0.15) is 8.42 Å². The summed E-state index contributed by atoms with van der Waals surface area (Å²) < 4.78 is 33.8. The second kappa shape index (κ2) is 14.9. The van der Waals surface area contributed by atoms with Gasteiger partial charge in [0.25, 0.3) is 0 Å². The molecule has 0 heterocycles. The van der Waals surface area contributed by atoms with Crippen molar-refractivity contribution >= 4 is 10.4 Å². The van der Waals surface area contributed by atoms with Crippen molar-refractivity contribution in [3.8, 4) is 0 Å². The molecule has 0 aliphatic rings. The van der Waals surface area contributed by atoms with E-state index in [0.717, 1.165) is 24.2 Å². The van der Waals surface area contributed by atoms with Gasteiger partial charge in [0.1, 0.15) is 0 Å². The molecule has 0 fully saturated rings. The lowest BCUT2D eigenvalue weighted by molar-refractivity contribution is 0.254. The molecule has 0 aliphatic heterocycles. The topological polar surface area (TPSA) is 63.6 Å². The summed E-state index contributed by atoms with van der Waals surface area (Å²) in [6.07, 6.45) is 13.5. The third-order valence-electron chi connectivity index (χ3n) is 5.34. The highest BCUT2D eigenvalue weighted by Crippen LogP contribution is 2.23. The zero-order valence-electron chi connectivity index (χ0n) is 17.9. The molecular weight excluding hydrogens is 348 g/mol. The molecule has 1 N–H and O–H groups in total. The lowest BCUT2D eigenvalue weighted by Gasteiger charge is -2.16. The van der Waals surface area contributed by atoms with Crippen LogP contribution in [-0.4, -0.2) is 19.6 Å². The molecule has 0 amide bonds. The smallest absolute Gasteiger partial charge is 0.264 e. The van der Waals surface area contributed by atoms with E-state index in [4.69, 9.17) is 4.55 Å². The lowest BCUT2D eigenvalue weighted by atomic mass is 9.90. The van der Waals surface area contributed by atoms with Gasteiger partial charge in [0, 0.05) is 0 Å². The minimum Gasteiger partial charge on any atom is -0.264 e. The standard InChI is InChI=1S/C21H44O4S/c1-18(2)10-6-11-19(3)12-7-13-20(4)14-8-15-21(5)16-9-17-25-26(22,23)24/h18-21H,6-17H2,1-5H3,(H,22,23,24). The monoisotopic (exact) mass is 392 g/mol. The van der Waals surface area contributed by atoms with Gasteiger partial charge in [0.2, 0.25) is 0 Å². The maximum absolute atomic E-state index is 10.5. The molecule has 0 aromatic heterocycles. The Labute approximate surface area is 163 Å². The maximum atomic E-state index is 10.5. The van der Waals surface area contributed by atoms with E-state index in [1.807, 2.05) is 0 Å². The zero-order valence-corrected chi connectivity index (χ0v) is 18.7. The first-order valence-electron chi connectivity index (χ1n) is 10.7. The molecule has 158 valence electrons. The quantitative estimate of drug-likeness (QED) is 0.222. The maximum Gasteiger partial charge on any atom is 0.397 e. The van der Waals surface area contributed by atoms with Crippen LogP contribution in [0.5, 0.6) is 0 Å². The van der Waals surface area contributed by atoms with Gasteiger partial charge in [0.15, 0.2) is 0 Å². The summed E-state index contributed by atoms with van der Waals surface area (Å²) in [7, 11) is -4.27. The first-order chi connectivity index (χ1) is 12.1. The number of hydrogen-bond acceptors (Lipinski definition) is 3. The number of hydrogen-bond donors (Lipinski definition) is 1. The van der Waals surface area contributed by atoms with Gasteiger partial charge in [-0.25, -0.2) is 4.18 Å². The predicted molar refractivity (Wildman–Crippen MR) is 111 cm³/mol. The fraction of sp³-hybridized carbons (Fsp3) is 1.00. The van der Waals surface area contributed by atoms with Gasteiger partial charge >= 0.3 is 10.4 Å². The van der Waals surface area contributed by atoms with Crippen LogP contribution in [0, 0.1) is 23.7 Å². The fourth-order valence-corrected chi connectivity index (χ4v) is 3.86. The molecule has 0 rings (SSSR count). The molecule has 0 bridgehead atoms. The summed E-state index contributed by atoms with van der Waals surface area (Å²) in [6.45, 7) is 11.7. The van der Waals surface area contributed by atoms with Gasteiger partial charge in [-0.15, -0.1) is 0 Å². The second-order valence-corrected chi connectivity index (χ2v) is 9.99. The highest BCUT2D eigenvalue weighted by atomic mass is 32.3. The molecule has 0 radical (unpaired) electrons. The van der Waals surface area contributed by atoms with Gasteiger partial charge in [0.05, 0.1) is 6.61 Å². The molecule has 3 unspecified atom stereocenters. The van der Waals surface area contributed by atoms with Crippen molar-refractivity contribution in [2.45, 2.75) is 105 Å². The van der Waals surface area contributed by atoms with Crippen molar-refractivity contribution in [1.82, 2.24) is 0 Å². The van der Waals surface area contributed by atoms with Crippen LogP contribution in [0.15, 0.2) is 0 Å². The highest BCUT2D eigenvalue weighted by Gasteiger charge is 2.09. The fourth-order valence-electron chi connectivity index (χ4n) is 3.53. The summed E-state index contributed by atoms with van der Waals surface area (Å²) in [5.41, 5.74) is 0. The van der Waals surface area contributed by atoms with Gasteiger partial charge in [-0.3, -0.25) is 4.55 Å². The van der Waals surface area contributed by atoms with E-state index in [-0.39, 0.29) is 6.61 Å². The Balaban J connectivity index is 3.56. The van der Waals surface area contributed by atoms with E-state index in [9.17, 15) is 8.42 Å². The van der Waals surface area contributed by atoms with Crippen LogP contribution in [-0.2, 0) is 14.6 Å². The van der Waals surface area contributed by atoms with Gasteiger partial charge < -0.3 is 0 Å². The lowest BCUT2D eigenvalue weighted by Crippen LogP contribution is -2.06. The average Bonchev–Trinajstić information content (AvgIpc) is 2.50. The molecule has 3 atom stereocenters. The Hall–Kier alpha value is -0.130. The molecule has 0 saturated heterocycles. The average molecular weight is 393 g/mol. The zero-order chi connectivity index (χ0) is 20.0. The summed E-state index contributed by atoms with van der Waals surface area (Å²) in [5, 5.41) is 0. The minimum absolute atomic E-state index is 0.0783. The van der Waals surface area contributed by atoms with E-state index in [2.05, 4.69) is 38.8 Å². The van der Waals surface area contributed by atoms with E-state index in [0.29, 0.717) is 12.3 Å². The summed E-state index contributed by atoms with van der Waals surface area (Å²) >= 11 is 0. The van der Waals surface area contributed by atoms with Crippen LogP contribution < -0.4 is 0 Å². The van der Waals surface area contributed by atoms with E-state index >= 15 is 0 Å². The van der Waals surface area contributed by atoms with Crippen molar-refractivity contribution in [2.75, 3.05) is 6.61 Å². The van der Waals surface area contributed by atoms with Crippen LogP contribution >= 0.6 is 0 Å². The van der Waals surface area contributed by atoms with E-state index in [1.165, 1.54) is 57.8 Å². The molecule has 5 heteroatoms. The Morgan fingerprint density at radius 2 is 1.00 bits per heavy atom. The SMILES string of the molecule is CC(C)CCCC(C)CCCC(C)CCCC(C)CCCOS(=O)(=O)O. The first kappa shape index (κ1) is 25.9. The molecule has 0 aliphatic carbocycles. The van der Waals surface area contributed by atoms with E-state index < -0.39 is 10.4 Å². The summed E-state index contributed by atoms with van der Waals surface area (Å²) in [5.74, 6) is 3.08.